The Morgan fingerprint density at radius 1 is 1.07 bits per heavy atom. The first-order chi connectivity index (χ1) is 13.7. The van der Waals surface area contributed by atoms with Crippen molar-refractivity contribution in [2.24, 2.45) is 0 Å². The molecular formula is C21H18N6O. The summed E-state index contributed by atoms with van der Waals surface area (Å²) in [5.41, 5.74) is 4.77. The van der Waals surface area contributed by atoms with Crippen LogP contribution in [0.2, 0.25) is 0 Å². The fourth-order valence-electron chi connectivity index (χ4n) is 3.53. The Kier molecular flexibility index (Phi) is 3.79. The fraction of sp³-hybridized carbons (Fsp3) is 0.143. The summed E-state index contributed by atoms with van der Waals surface area (Å²) in [4.78, 5) is 26.0. The van der Waals surface area contributed by atoms with Gasteiger partial charge in [0.25, 0.3) is 5.56 Å². The molecule has 7 nitrogen and oxygen atoms in total. The molecule has 0 spiro atoms. The first kappa shape index (κ1) is 16.4. The quantitative estimate of drug-likeness (QED) is 0.527. The van der Waals surface area contributed by atoms with Crippen LogP contribution in [0.1, 0.15) is 18.7 Å². The number of hydrogen-bond donors (Lipinski definition) is 1. The maximum Gasteiger partial charge on any atom is 0.272 e. The highest BCUT2D eigenvalue weighted by atomic mass is 16.1. The van der Waals surface area contributed by atoms with E-state index in [1.165, 1.54) is 4.52 Å². The minimum Gasteiger partial charge on any atom is -0.327 e. The summed E-state index contributed by atoms with van der Waals surface area (Å²) >= 11 is 0. The average molecular weight is 370 g/mol. The van der Waals surface area contributed by atoms with Gasteiger partial charge in [0, 0.05) is 30.8 Å². The van der Waals surface area contributed by atoms with Crippen molar-refractivity contribution in [3.05, 3.63) is 83.2 Å². The van der Waals surface area contributed by atoms with Crippen molar-refractivity contribution in [1.82, 2.24) is 29.1 Å². The van der Waals surface area contributed by atoms with Crippen LogP contribution < -0.4 is 5.56 Å². The Balaban J connectivity index is 1.50. The van der Waals surface area contributed by atoms with E-state index < -0.39 is 0 Å². The van der Waals surface area contributed by atoms with Gasteiger partial charge < -0.3 is 4.57 Å². The number of fused-ring (bicyclic) bond motifs is 2. The first-order valence-electron chi connectivity index (χ1n) is 9.14. The molecule has 0 unspecified atom stereocenters. The summed E-state index contributed by atoms with van der Waals surface area (Å²) in [5, 5.41) is 3.08. The number of nitrogens with one attached hydrogen (secondary N) is 1. The lowest BCUT2D eigenvalue weighted by molar-refractivity contribution is 0.551. The number of nitrogens with zero attached hydrogens (tertiary/aromatic N) is 5. The Labute approximate surface area is 160 Å². The molecule has 0 aliphatic rings. The second-order valence-electron chi connectivity index (χ2n) is 6.86. The Morgan fingerprint density at radius 3 is 2.79 bits per heavy atom. The molecular weight excluding hydrogens is 352 g/mol. The van der Waals surface area contributed by atoms with E-state index in [1.807, 2.05) is 48.8 Å². The van der Waals surface area contributed by atoms with Crippen molar-refractivity contribution >= 4 is 16.7 Å². The van der Waals surface area contributed by atoms with Crippen LogP contribution >= 0.6 is 0 Å². The van der Waals surface area contributed by atoms with Crippen LogP contribution in [0.4, 0.5) is 0 Å². The highest BCUT2D eigenvalue weighted by molar-refractivity contribution is 5.75. The van der Waals surface area contributed by atoms with E-state index in [0.717, 1.165) is 28.1 Å². The van der Waals surface area contributed by atoms with Crippen LogP contribution in [0, 0.1) is 0 Å². The molecule has 0 radical (unpaired) electrons. The number of para-hydroxylation sites is 2. The largest absolute Gasteiger partial charge is 0.327 e. The third-order valence-electron chi connectivity index (χ3n) is 4.90. The second kappa shape index (κ2) is 6.45. The number of pyridine rings is 1. The molecule has 0 bridgehead atoms. The van der Waals surface area contributed by atoms with Gasteiger partial charge >= 0.3 is 0 Å². The van der Waals surface area contributed by atoms with Crippen molar-refractivity contribution in [2.45, 2.75) is 19.4 Å². The molecule has 5 aromatic rings. The van der Waals surface area contributed by atoms with Gasteiger partial charge in [0.2, 0.25) is 0 Å². The molecule has 0 aliphatic carbocycles. The molecule has 7 heteroatoms. The summed E-state index contributed by atoms with van der Waals surface area (Å²) in [6.45, 7) is 2.11. The fourth-order valence-corrected chi connectivity index (χ4v) is 3.53. The van der Waals surface area contributed by atoms with Crippen LogP contribution in [0.15, 0.2) is 71.9 Å². The highest BCUT2D eigenvalue weighted by Gasteiger charge is 2.13. The van der Waals surface area contributed by atoms with Crippen molar-refractivity contribution in [2.75, 3.05) is 0 Å². The van der Waals surface area contributed by atoms with E-state index in [1.54, 1.807) is 12.3 Å². The Bertz CT molecular complexity index is 1330. The molecule has 28 heavy (non-hydrogen) atoms. The zero-order valence-electron chi connectivity index (χ0n) is 15.3. The third-order valence-corrected chi connectivity index (χ3v) is 4.90. The number of H-pyrrole nitrogens is 1. The zero-order chi connectivity index (χ0) is 19.1. The lowest BCUT2D eigenvalue weighted by Crippen LogP contribution is -2.17. The molecule has 4 heterocycles. The molecule has 1 N–H and O–H groups in total. The van der Waals surface area contributed by atoms with Gasteiger partial charge in [-0.3, -0.25) is 14.9 Å². The van der Waals surface area contributed by atoms with Gasteiger partial charge in [-0.15, -0.1) is 0 Å². The van der Waals surface area contributed by atoms with Gasteiger partial charge in [-0.1, -0.05) is 18.2 Å². The first-order valence-corrected chi connectivity index (χ1v) is 9.14. The molecule has 0 amide bonds. The topological polar surface area (TPSA) is 80.9 Å². The van der Waals surface area contributed by atoms with Gasteiger partial charge in [0.05, 0.1) is 34.4 Å². The average Bonchev–Trinajstić information content (AvgIpc) is 3.33. The minimum atomic E-state index is -0.134. The molecule has 1 atom stereocenters. The smallest absolute Gasteiger partial charge is 0.272 e. The normalized spacial score (nSPS) is 12.6. The van der Waals surface area contributed by atoms with Crippen molar-refractivity contribution in [3.8, 4) is 11.4 Å². The van der Waals surface area contributed by atoms with E-state index in [2.05, 4.69) is 37.6 Å². The van der Waals surface area contributed by atoms with Gasteiger partial charge in [0.1, 0.15) is 0 Å². The minimum absolute atomic E-state index is 0.121. The number of aromatic amines is 1. The van der Waals surface area contributed by atoms with Crippen molar-refractivity contribution in [3.63, 3.8) is 0 Å². The van der Waals surface area contributed by atoms with Gasteiger partial charge in [0.15, 0.2) is 5.65 Å². The molecule has 0 saturated carbocycles. The van der Waals surface area contributed by atoms with Crippen LogP contribution in [-0.4, -0.2) is 29.1 Å². The summed E-state index contributed by atoms with van der Waals surface area (Å²) < 4.78 is 3.57. The molecule has 138 valence electrons. The Morgan fingerprint density at radius 2 is 1.93 bits per heavy atom. The number of benzene rings is 1. The van der Waals surface area contributed by atoms with E-state index in [-0.39, 0.29) is 11.6 Å². The summed E-state index contributed by atoms with van der Waals surface area (Å²) in [6, 6.07) is 17.2. The lowest BCUT2D eigenvalue weighted by Gasteiger charge is -2.14. The Hall–Kier alpha value is -3.74. The van der Waals surface area contributed by atoms with Crippen LogP contribution in [0.25, 0.3) is 28.1 Å². The van der Waals surface area contributed by atoms with Gasteiger partial charge in [-0.05, 0) is 31.2 Å². The summed E-state index contributed by atoms with van der Waals surface area (Å²) in [5.74, 6) is 0. The molecule has 0 fully saturated rings. The van der Waals surface area contributed by atoms with E-state index in [4.69, 9.17) is 0 Å². The molecule has 1 aromatic carbocycles. The van der Waals surface area contributed by atoms with Gasteiger partial charge in [-0.25, -0.2) is 14.5 Å². The van der Waals surface area contributed by atoms with E-state index >= 15 is 0 Å². The molecule has 0 saturated heterocycles. The predicted octanol–water partition coefficient (Wildman–Crippen LogP) is 3.24. The van der Waals surface area contributed by atoms with Crippen molar-refractivity contribution in [1.29, 1.82) is 0 Å². The number of aromatic nitrogens is 6. The summed E-state index contributed by atoms with van der Waals surface area (Å²) in [7, 11) is 0. The van der Waals surface area contributed by atoms with Gasteiger partial charge in [-0.2, -0.15) is 0 Å². The van der Waals surface area contributed by atoms with Crippen molar-refractivity contribution < 1.29 is 0 Å². The standard InChI is InChI=1S/C21H18N6O/c1-14(26-13-23-17-7-2-3-8-19(17)26)10-15-11-21(28)27-20(24-15)12-18(25-27)16-6-4-5-9-22-16/h2-9,11-14,25H,10H2,1H3/t14-/m1/s1. The van der Waals surface area contributed by atoms with E-state index in [9.17, 15) is 4.79 Å². The molecule has 5 rings (SSSR count). The van der Waals surface area contributed by atoms with Crippen LogP contribution in [-0.2, 0) is 6.42 Å². The molecule has 0 aliphatic heterocycles. The lowest BCUT2D eigenvalue weighted by atomic mass is 10.1. The maximum atomic E-state index is 12.6. The maximum absolute atomic E-state index is 12.6. The van der Waals surface area contributed by atoms with Crippen LogP contribution in [0.3, 0.4) is 0 Å². The number of rotatable bonds is 4. The summed E-state index contributed by atoms with van der Waals surface area (Å²) in [6.07, 6.45) is 4.20. The number of imidazole rings is 1. The molecule has 4 aromatic heterocycles. The van der Waals surface area contributed by atoms with E-state index in [0.29, 0.717) is 12.1 Å². The SMILES string of the molecule is C[C@H](Cc1cc(=O)n2[nH]c(-c3ccccn3)cc2n1)n1cnc2ccccc21. The third kappa shape index (κ3) is 2.77. The van der Waals surface area contributed by atoms with Crippen LogP contribution in [0.5, 0.6) is 0 Å². The predicted molar refractivity (Wildman–Crippen MR) is 107 cm³/mol. The monoisotopic (exact) mass is 370 g/mol. The number of hydrogen-bond acceptors (Lipinski definition) is 4. The second-order valence-corrected chi connectivity index (χ2v) is 6.86. The zero-order valence-corrected chi connectivity index (χ0v) is 15.3. The highest BCUT2D eigenvalue weighted by Crippen LogP contribution is 2.20.